The Morgan fingerprint density at radius 3 is 2.16 bits per heavy atom. The predicted octanol–water partition coefficient (Wildman–Crippen LogP) is 2.39. The number of benzene rings is 1. The predicted molar refractivity (Wildman–Crippen MR) is 117 cm³/mol. The number of amides is 1. The van der Waals surface area contributed by atoms with Gasteiger partial charge in [0.25, 0.3) is 16.0 Å². The number of carbonyl (C=O) groups excluding carboxylic acids is 2. The summed E-state index contributed by atoms with van der Waals surface area (Å²) in [4.78, 5) is 26.8. The number of aryl methyl sites for hydroxylation is 1. The molecular formula is C22H34N2O6S. The number of nitrogens with two attached hydrogens (primary N) is 1. The molecule has 1 fully saturated rings. The highest BCUT2D eigenvalue weighted by Crippen LogP contribution is 2.24. The van der Waals surface area contributed by atoms with Gasteiger partial charge in [0.15, 0.2) is 5.54 Å². The van der Waals surface area contributed by atoms with Gasteiger partial charge >= 0.3 is 5.97 Å². The first kappa shape index (κ1) is 25.3. The molecule has 1 heterocycles. The lowest BCUT2D eigenvalue weighted by Gasteiger charge is -2.36. The zero-order valence-electron chi connectivity index (χ0n) is 19.0. The van der Waals surface area contributed by atoms with Crippen molar-refractivity contribution in [3.8, 4) is 0 Å². The van der Waals surface area contributed by atoms with Crippen molar-refractivity contribution in [2.24, 2.45) is 11.7 Å². The second kappa shape index (κ2) is 9.67. The van der Waals surface area contributed by atoms with Gasteiger partial charge in [0.1, 0.15) is 5.60 Å². The van der Waals surface area contributed by atoms with Crippen LogP contribution in [0.25, 0.3) is 0 Å². The van der Waals surface area contributed by atoms with Crippen LogP contribution in [0.1, 0.15) is 52.5 Å². The van der Waals surface area contributed by atoms with Gasteiger partial charge in [-0.2, -0.15) is 8.42 Å². The maximum Gasteiger partial charge on any atom is 0.336 e. The quantitative estimate of drug-likeness (QED) is 0.382. The summed E-state index contributed by atoms with van der Waals surface area (Å²) < 4.78 is 35.0. The third kappa shape index (κ3) is 7.02. The maximum atomic E-state index is 12.8. The van der Waals surface area contributed by atoms with Gasteiger partial charge in [-0.3, -0.25) is 8.98 Å². The van der Waals surface area contributed by atoms with E-state index in [1.54, 1.807) is 37.8 Å². The fourth-order valence-corrected chi connectivity index (χ4v) is 4.24. The van der Waals surface area contributed by atoms with Crippen LogP contribution in [0.4, 0.5) is 0 Å². The van der Waals surface area contributed by atoms with E-state index in [1.807, 2.05) is 6.92 Å². The summed E-state index contributed by atoms with van der Waals surface area (Å²) in [5, 5.41) is 0. The van der Waals surface area contributed by atoms with Crippen LogP contribution in [0.2, 0.25) is 0 Å². The maximum absolute atomic E-state index is 12.8. The molecule has 1 aliphatic rings. The number of carbonyl (C=O) groups is 2. The van der Waals surface area contributed by atoms with Crippen molar-refractivity contribution in [2.75, 3.05) is 19.7 Å². The minimum absolute atomic E-state index is 0.0847. The van der Waals surface area contributed by atoms with Crippen LogP contribution >= 0.6 is 0 Å². The lowest BCUT2D eigenvalue weighted by molar-refractivity contribution is -0.166. The minimum atomic E-state index is -3.78. The number of rotatable bonds is 7. The molecule has 1 aliphatic heterocycles. The Bertz CT molecular complexity index is 880. The summed E-state index contributed by atoms with van der Waals surface area (Å²) in [6.07, 6.45) is 1.94. The Morgan fingerprint density at radius 1 is 1.10 bits per heavy atom. The van der Waals surface area contributed by atoms with Crippen molar-refractivity contribution >= 4 is 22.0 Å². The van der Waals surface area contributed by atoms with Gasteiger partial charge in [0.05, 0.1) is 11.5 Å². The number of hydrogen-bond acceptors (Lipinski definition) is 7. The van der Waals surface area contributed by atoms with Crippen LogP contribution in [0.5, 0.6) is 0 Å². The first-order valence-electron chi connectivity index (χ1n) is 10.5. The summed E-state index contributed by atoms with van der Waals surface area (Å²) in [6, 6.07) is 6.52. The van der Waals surface area contributed by atoms with Crippen molar-refractivity contribution in [1.29, 1.82) is 0 Å². The molecule has 1 saturated heterocycles. The molecule has 31 heavy (non-hydrogen) atoms. The number of ether oxygens (including phenoxy) is 1. The van der Waals surface area contributed by atoms with Gasteiger partial charge in [-0.1, -0.05) is 17.7 Å². The first-order chi connectivity index (χ1) is 14.2. The summed E-state index contributed by atoms with van der Waals surface area (Å²) in [7, 11) is -3.78. The van der Waals surface area contributed by atoms with E-state index in [9.17, 15) is 18.0 Å². The average molecular weight is 455 g/mol. The third-order valence-corrected chi connectivity index (χ3v) is 6.57. The molecule has 9 heteroatoms. The highest BCUT2D eigenvalue weighted by molar-refractivity contribution is 7.86. The lowest BCUT2D eigenvalue weighted by atomic mass is 9.92. The molecule has 0 aromatic heterocycles. The number of hydrogen-bond donors (Lipinski definition) is 1. The molecule has 2 rings (SSSR count). The molecule has 0 spiro atoms. The van der Waals surface area contributed by atoms with Crippen molar-refractivity contribution in [3.05, 3.63) is 29.8 Å². The van der Waals surface area contributed by atoms with Crippen molar-refractivity contribution < 1.29 is 26.9 Å². The zero-order chi connectivity index (χ0) is 23.4. The zero-order valence-corrected chi connectivity index (χ0v) is 19.8. The van der Waals surface area contributed by atoms with Gasteiger partial charge in [-0.25, -0.2) is 4.79 Å². The van der Waals surface area contributed by atoms with Crippen LogP contribution in [-0.2, 0) is 28.6 Å². The SMILES string of the molecule is Cc1ccc(S(=O)(=O)OCCC2CCN(C(=O)C(C)(N)C(=O)OC(C)(C)C)CC2)cc1. The normalized spacial score (nSPS) is 17.8. The Hall–Kier alpha value is -1.97. The van der Waals surface area contributed by atoms with E-state index in [2.05, 4.69) is 0 Å². The number of nitrogens with zero attached hydrogens (tertiary/aromatic N) is 1. The highest BCUT2D eigenvalue weighted by Gasteiger charge is 2.43. The molecule has 1 aromatic rings. The van der Waals surface area contributed by atoms with Crippen LogP contribution < -0.4 is 5.73 Å². The van der Waals surface area contributed by atoms with Gasteiger partial charge in [0.2, 0.25) is 0 Å². The van der Waals surface area contributed by atoms with E-state index in [0.29, 0.717) is 32.4 Å². The highest BCUT2D eigenvalue weighted by atomic mass is 32.2. The largest absolute Gasteiger partial charge is 0.458 e. The van der Waals surface area contributed by atoms with Crippen LogP contribution in [0.15, 0.2) is 29.2 Å². The molecule has 1 aromatic carbocycles. The Balaban J connectivity index is 1.82. The molecule has 2 N–H and O–H groups in total. The van der Waals surface area contributed by atoms with Gasteiger partial charge in [0, 0.05) is 13.1 Å². The number of esters is 1. The summed E-state index contributed by atoms with van der Waals surface area (Å²) in [5.41, 5.74) is 4.51. The Labute approximate surface area is 185 Å². The fourth-order valence-electron chi connectivity index (χ4n) is 3.32. The molecule has 0 bridgehead atoms. The third-order valence-electron chi connectivity index (χ3n) is 5.24. The number of likely N-dealkylation sites (tertiary alicyclic amines) is 1. The van der Waals surface area contributed by atoms with Crippen LogP contribution in [0.3, 0.4) is 0 Å². The average Bonchev–Trinajstić information content (AvgIpc) is 2.67. The van der Waals surface area contributed by atoms with Crippen molar-refractivity contribution in [1.82, 2.24) is 4.90 Å². The van der Waals surface area contributed by atoms with Crippen molar-refractivity contribution in [3.63, 3.8) is 0 Å². The molecule has 0 radical (unpaired) electrons. The monoisotopic (exact) mass is 454 g/mol. The molecule has 1 amide bonds. The topological polar surface area (TPSA) is 116 Å². The minimum Gasteiger partial charge on any atom is -0.458 e. The Morgan fingerprint density at radius 2 is 1.65 bits per heavy atom. The van der Waals surface area contributed by atoms with Gasteiger partial charge < -0.3 is 15.4 Å². The first-order valence-corrected chi connectivity index (χ1v) is 11.9. The Kier molecular flexibility index (Phi) is 7.89. The standard InChI is InChI=1S/C22H34N2O6S/c1-16-6-8-18(9-7-16)31(27,28)29-15-12-17-10-13-24(14-11-17)19(25)22(5,23)20(26)30-21(2,3)4/h6-9,17H,10-15,23H2,1-5H3. The van der Waals surface area contributed by atoms with Gasteiger partial charge in [-0.05, 0) is 71.9 Å². The molecule has 174 valence electrons. The molecule has 0 aliphatic carbocycles. The molecular weight excluding hydrogens is 420 g/mol. The van der Waals surface area contributed by atoms with Crippen molar-refractivity contribution in [2.45, 2.75) is 69.9 Å². The van der Waals surface area contributed by atoms with Gasteiger partial charge in [-0.15, -0.1) is 0 Å². The van der Waals surface area contributed by atoms with Crippen LogP contribution in [-0.4, -0.2) is 56.0 Å². The molecule has 0 saturated carbocycles. The summed E-state index contributed by atoms with van der Waals surface area (Å²) in [6.45, 7) is 9.40. The fraction of sp³-hybridized carbons (Fsp3) is 0.636. The van der Waals surface area contributed by atoms with E-state index in [1.165, 1.54) is 19.1 Å². The number of piperidine rings is 1. The summed E-state index contributed by atoms with van der Waals surface area (Å²) in [5.74, 6) is -0.983. The van der Waals surface area contributed by atoms with E-state index < -0.39 is 33.1 Å². The molecule has 1 atom stereocenters. The second-order valence-electron chi connectivity index (χ2n) is 9.32. The lowest BCUT2D eigenvalue weighted by Crippen LogP contribution is -2.61. The molecule has 1 unspecified atom stereocenters. The van der Waals surface area contributed by atoms with E-state index in [4.69, 9.17) is 14.7 Å². The second-order valence-corrected chi connectivity index (χ2v) is 10.9. The summed E-state index contributed by atoms with van der Waals surface area (Å²) >= 11 is 0. The van der Waals surface area contributed by atoms with E-state index in [0.717, 1.165) is 5.56 Å². The van der Waals surface area contributed by atoms with Crippen LogP contribution in [0, 0.1) is 12.8 Å². The molecule has 8 nitrogen and oxygen atoms in total. The smallest absolute Gasteiger partial charge is 0.336 e. The van der Waals surface area contributed by atoms with E-state index >= 15 is 0 Å². The van der Waals surface area contributed by atoms with E-state index in [-0.39, 0.29) is 17.4 Å².